The van der Waals surface area contributed by atoms with E-state index >= 15 is 0 Å². The first-order valence-corrected chi connectivity index (χ1v) is 12.9. The smallest absolute Gasteiger partial charge is 0.123 e. The van der Waals surface area contributed by atoms with Gasteiger partial charge in [-0.2, -0.15) is 0 Å². The molecule has 0 radical (unpaired) electrons. The van der Waals surface area contributed by atoms with Gasteiger partial charge in [-0.3, -0.25) is 9.97 Å². The molecule has 0 atom stereocenters. The molecule has 4 nitrogen and oxygen atoms in total. The van der Waals surface area contributed by atoms with Crippen molar-refractivity contribution in [2.75, 3.05) is 0 Å². The van der Waals surface area contributed by atoms with Gasteiger partial charge in [0.1, 0.15) is 5.82 Å². The number of fused-ring (bicyclic) bond motifs is 2. The minimum Gasteiger partial charge on any atom is -0.315 e. The van der Waals surface area contributed by atoms with Crippen LogP contribution in [0, 0.1) is 5.82 Å². The number of hydrogen-bond acceptors (Lipinski definition) is 2. The highest BCUT2D eigenvalue weighted by Gasteiger charge is 2.06. The van der Waals surface area contributed by atoms with Crippen molar-refractivity contribution in [3.63, 3.8) is 0 Å². The Hall–Kier alpha value is -4.55. The van der Waals surface area contributed by atoms with Gasteiger partial charge in [-0.05, 0) is 77.7 Å². The standard InChI is InChI=1S/C19H13FN2.C13H9BrN2/c20-17-6-3-5-15(10-17)16-11-18(13-21-12-16)22-9-8-14-4-1-2-7-19(14)22;14-11-3-4-13-10(8-11)5-7-16(13)12-2-1-6-15-9-12/h1-13H;1-9H. The average Bonchev–Trinajstić information content (AvgIpc) is 3.58. The van der Waals surface area contributed by atoms with Gasteiger partial charge in [-0.15, -0.1) is 0 Å². The Morgan fingerprint density at radius 2 is 1.37 bits per heavy atom. The van der Waals surface area contributed by atoms with Gasteiger partial charge < -0.3 is 9.13 Å². The molecule has 0 unspecified atom stereocenters. The van der Waals surface area contributed by atoms with Gasteiger partial charge >= 0.3 is 0 Å². The van der Waals surface area contributed by atoms with Crippen molar-refractivity contribution in [2.24, 2.45) is 0 Å². The maximum absolute atomic E-state index is 13.4. The van der Waals surface area contributed by atoms with E-state index in [0.717, 1.165) is 32.5 Å². The molecule has 4 aromatic heterocycles. The lowest BCUT2D eigenvalue weighted by Gasteiger charge is -2.08. The Labute approximate surface area is 227 Å². The molecule has 6 heteroatoms. The molecule has 38 heavy (non-hydrogen) atoms. The molecule has 0 bridgehead atoms. The maximum Gasteiger partial charge on any atom is 0.123 e. The van der Waals surface area contributed by atoms with E-state index in [1.807, 2.05) is 48.9 Å². The summed E-state index contributed by atoms with van der Waals surface area (Å²) < 4.78 is 18.7. The van der Waals surface area contributed by atoms with Crippen LogP contribution in [-0.4, -0.2) is 19.1 Å². The fourth-order valence-corrected chi connectivity index (χ4v) is 4.91. The summed E-state index contributed by atoms with van der Waals surface area (Å²) in [7, 11) is 0. The zero-order valence-electron chi connectivity index (χ0n) is 20.2. The maximum atomic E-state index is 13.4. The minimum absolute atomic E-state index is 0.241. The predicted molar refractivity (Wildman–Crippen MR) is 155 cm³/mol. The Kier molecular flexibility index (Phi) is 6.54. The second-order valence-corrected chi connectivity index (χ2v) is 9.70. The highest BCUT2D eigenvalue weighted by Crippen LogP contribution is 2.25. The van der Waals surface area contributed by atoms with Gasteiger partial charge in [0.05, 0.1) is 34.8 Å². The van der Waals surface area contributed by atoms with Crippen LogP contribution in [0.2, 0.25) is 0 Å². The number of para-hydroxylation sites is 1. The molecule has 0 saturated heterocycles. The van der Waals surface area contributed by atoms with Gasteiger partial charge in [-0.1, -0.05) is 46.3 Å². The van der Waals surface area contributed by atoms with Crippen molar-refractivity contribution in [3.8, 4) is 22.5 Å². The topological polar surface area (TPSA) is 35.6 Å². The molecule has 0 amide bonds. The number of nitrogens with zero attached hydrogens (tertiary/aromatic N) is 4. The van der Waals surface area contributed by atoms with Crippen LogP contribution >= 0.6 is 15.9 Å². The van der Waals surface area contributed by atoms with Crippen molar-refractivity contribution >= 4 is 37.7 Å². The fraction of sp³-hybridized carbons (Fsp3) is 0. The lowest BCUT2D eigenvalue weighted by atomic mass is 10.1. The Morgan fingerprint density at radius 1 is 0.579 bits per heavy atom. The van der Waals surface area contributed by atoms with Crippen molar-refractivity contribution in [1.82, 2.24) is 19.1 Å². The van der Waals surface area contributed by atoms with E-state index in [9.17, 15) is 4.39 Å². The summed E-state index contributed by atoms with van der Waals surface area (Å²) in [6.45, 7) is 0. The van der Waals surface area contributed by atoms with Crippen LogP contribution in [0.3, 0.4) is 0 Å². The second kappa shape index (κ2) is 10.4. The molecule has 184 valence electrons. The van der Waals surface area contributed by atoms with Gasteiger partial charge in [-0.25, -0.2) is 4.39 Å². The molecule has 0 fully saturated rings. The first kappa shape index (κ1) is 23.8. The molecule has 4 heterocycles. The van der Waals surface area contributed by atoms with Crippen LogP contribution in [0.25, 0.3) is 44.3 Å². The summed E-state index contributed by atoms with van der Waals surface area (Å²) in [5, 5.41) is 2.40. The molecule has 7 rings (SSSR count). The van der Waals surface area contributed by atoms with Crippen LogP contribution in [0.5, 0.6) is 0 Å². The molecular formula is C32H22BrFN4. The second-order valence-electron chi connectivity index (χ2n) is 8.79. The normalized spacial score (nSPS) is 10.9. The molecule has 7 aromatic rings. The van der Waals surface area contributed by atoms with Gasteiger partial charge in [0.2, 0.25) is 0 Å². The highest BCUT2D eigenvalue weighted by molar-refractivity contribution is 9.10. The van der Waals surface area contributed by atoms with E-state index in [2.05, 4.69) is 89.8 Å². The quantitative estimate of drug-likeness (QED) is 0.217. The number of halogens is 2. The molecule has 0 spiro atoms. The Balaban J connectivity index is 0.000000146. The Bertz CT molecular complexity index is 1860. The van der Waals surface area contributed by atoms with E-state index < -0.39 is 0 Å². The zero-order valence-corrected chi connectivity index (χ0v) is 21.8. The summed E-state index contributed by atoms with van der Waals surface area (Å²) in [4.78, 5) is 8.45. The van der Waals surface area contributed by atoms with Crippen LogP contribution < -0.4 is 0 Å². The largest absolute Gasteiger partial charge is 0.315 e. The first-order valence-electron chi connectivity index (χ1n) is 12.1. The van der Waals surface area contributed by atoms with Crippen LogP contribution in [0.4, 0.5) is 4.39 Å². The van der Waals surface area contributed by atoms with E-state index in [0.29, 0.717) is 0 Å². The molecule has 0 aliphatic rings. The van der Waals surface area contributed by atoms with Crippen molar-refractivity contribution in [1.29, 1.82) is 0 Å². The van der Waals surface area contributed by atoms with E-state index in [1.54, 1.807) is 18.5 Å². The lowest BCUT2D eigenvalue weighted by molar-refractivity contribution is 0.628. The van der Waals surface area contributed by atoms with Crippen molar-refractivity contribution in [2.45, 2.75) is 0 Å². The monoisotopic (exact) mass is 560 g/mol. The molecular weight excluding hydrogens is 539 g/mol. The average molecular weight is 561 g/mol. The predicted octanol–water partition coefficient (Wildman–Crippen LogP) is 8.62. The molecule has 0 aliphatic carbocycles. The van der Waals surface area contributed by atoms with Gasteiger partial charge in [0, 0.05) is 40.2 Å². The van der Waals surface area contributed by atoms with Gasteiger partial charge in [0.25, 0.3) is 0 Å². The zero-order chi connectivity index (χ0) is 25.9. The van der Waals surface area contributed by atoms with Crippen molar-refractivity contribution < 1.29 is 4.39 Å². The summed E-state index contributed by atoms with van der Waals surface area (Å²) in [5.74, 6) is -0.241. The SMILES string of the molecule is Brc1ccc2c(ccn2-c2cccnc2)c1.Fc1cccc(-c2cncc(-n3ccc4ccccc43)c2)c1. The third-order valence-corrected chi connectivity index (χ3v) is 6.83. The number of aromatic nitrogens is 4. The molecule has 0 saturated carbocycles. The van der Waals surface area contributed by atoms with E-state index in [1.165, 1.54) is 28.4 Å². The van der Waals surface area contributed by atoms with Gasteiger partial charge in [0.15, 0.2) is 0 Å². The third-order valence-electron chi connectivity index (χ3n) is 6.34. The molecule has 0 N–H and O–H groups in total. The number of benzene rings is 3. The van der Waals surface area contributed by atoms with Crippen LogP contribution in [-0.2, 0) is 0 Å². The van der Waals surface area contributed by atoms with E-state index in [4.69, 9.17) is 0 Å². The minimum atomic E-state index is -0.241. The first-order chi connectivity index (χ1) is 18.7. The number of pyridine rings is 2. The summed E-state index contributed by atoms with van der Waals surface area (Å²) in [6, 6.07) is 31.2. The van der Waals surface area contributed by atoms with E-state index in [-0.39, 0.29) is 5.82 Å². The summed E-state index contributed by atoms with van der Waals surface area (Å²) >= 11 is 3.48. The van der Waals surface area contributed by atoms with Crippen LogP contribution in [0.1, 0.15) is 0 Å². The highest BCUT2D eigenvalue weighted by atomic mass is 79.9. The lowest BCUT2D eigenvalue weighted by Crippen LogP contribution is -1.93. The fourth-order valence-electron chi connectivity index (χ4n) is 4.53. The third kappa shape index (κ3) is 4.86. The van der Waals surface area contributed by atoms with Crippen molar-refractivity contribution in [3.05, 3.63) is 145 Å². The number of hydrogen-bond donors (Lipinski definition) is 0. The van der Waals surface area contributed by atoms with Crippen LogP contribution in [0.15, 0.2) is 139 Å². The Morgan fingerprint density at radius 3 is 2.21 bits per heavy atom. The number of rotatable bonds is 3. The summed E-state index contributed by atoms with van der Waals surface area (Å²) in [6.07, 6.45) is 11.3. The molecule has 0 aliphatic heterocycles. The molecule has 3 aromatic carbocycles. The summed E-state index contributed by atoms with van der Waals surface area (Å²) in [5.41, 5.74) is 6.08.